The van der Waals surface area contributed by atoms with E-state index in [-0.39, 0.29) is 23.6 Å². The molecular weight excluding hydrogens is 513 g/mol. The quantitative estimate of drug-likeness (QED) is 0.559. The summed E-state index contributed by atoms with van der Waals surface area (Å²) in [5.41, 5.74) is 3.00. The Morgan fingerprint density at radius 1 is 1.13 bits per heavy atom. The van der Waals surface area contributed by atoms with Gasteiger partial charge in [-0.1, -0.05) is 51.3 Å². The number of nitrogens with one attached hydrogen (secondary N) is 2. The molecule has 2 aromatic carbocycles. The van der Waals surface area contributed by atoms with Crippen molar-refractivity contribution in [3.05, 3.63) is 62.5 Å². The summed E-state index contributed by atoms with van der Waals surface area (Å²) in [4.78, 5) is 48.8. The van der Waals surface area contributed by atoms with E-state index < -0.39 is 36.2 Å². The number of ether oxygens (including phenoxy) is 1. The van der Waals surface area contributed by atoms with Crippen molar-refractivity contribution in [2.45, 2.75) is 6.42 Å². The monoisotopic (exact) mass is 527 g/mol. The molecule has 0 unspecified atom stereocenters. The predicted molar refractivity (Wildman–Crippen MR) is 117 cm³/mol. The normalized spacial score (nSPS) is 15.5. The van der Waals surface area contributed by atoms with E-state index in [1.807, 2.05) is 0 Å². The molecule has 1 heterocycles. The van der Waals surface area contributed by atoms with Crippen LogP contribution in [0.4, 0.5) is 5.69 Å². The molecule has 2 aromatic rings. The Morgan fingerprint density at radius 2 is 1.87 bits per heavy atom. The Balaban J connectivity index is 1.50. The number of carbonyl (C=O) groups excluding carboxylic acids is 4. The molecule has 162 valence electrons. The molecular formula is C20H16BrCl2N3O5. The second kappa shape index (κ2) is 10.1. The Kier molecular flexibility index (Phi) is 7.53. The number of benzene rings is 2. The lowest BCUT2D eigenvalue weighted by Gasteiger charge is -2.18. The molecule has 1 aliphatic rings. The zero-order chi connectivity index (χ0) is 22.5. The summed E-state index contributed by atoms with van der Waals surface area (Å²) in [6.45, 7) is -0.615. The highest BCUT2D eigenvalue weighted by atomic mass is 79.9. The van der Waals surface area contributed by atoms with Crippen LogP contribution in [0.25, 0.3) is 0 Å². The minimum atomic E-state index is -0.817. The number of rotatable bonds is 6. The number of nitrogens with zero attached hydrogens (tertiary/aromatic N) is 1. The highest BCUT2D eigenvalue weighted by molar-refractivity contribution is 9.10. The third-order valence-corrected chi connectivity index (χ3v) is 5.50. The molecule has 2 N–H and O–H groups in total. The summed E-state index contributed by atoms with van der Waals surface area (Å²) < 4.78 is 5.76. The fraction of sp³-hybridized carbons (Fsp3) is 0.200. The summed E-state index contributed by atoms with van der Waals surface area (Å²) >= 11 is 15.3. The molecule has 3 rings (SSSR count). The van der Waals surface area contributed by atoms with Gasteiger partial charge < -0.3 is 10.1 Å². The number of hydrogen-bond donors (Lipinski definition) is 2. The van der Waals surface area contributed by atoms with Crippen LogP contribution >= 0.6 is 39.1 Å². The summed E-state index contributed by atoms with van der Waals surface area (Å²) in [5.74, 6) is -3.14. The topological polar surface area (TPSA) is 105 Å². The van der Waals surface area contributed by atoms with Crippen LogP contribution in [0.1, 0.15) is 16.8 Å². The largest absolute Gasteiger partial charge is 0.455 e. The Bertz CT molecular complexity index is 1050. The SMILES string of the molecule is O=C(COC(=O)[C@H]1CC(=O)N(NC(=O)c2ccccc2Cl)C1)Nc1ccc(Br)cc1Cl. The number of anilines is 1. The smallest absolute Gasteiger partial charge is 0.311 e. The summed E-state index contributed by atoms with van der Waals surface area (Å²) in [6.07, 6.45) is -0.151. The first-order valence-electron chi connectivity index (χ1n) is 9.02. The third kappa shape index (κ3) is 5.96. The second-order valence-electron chi connectivity index (χ2n) is 6.61. The highest BCUT2D eigenvalue weighted by Gasteiger charge is 2.37. The van der Waals surface area contributed by atoms with Gasteiger partial charge >= 0.3 is 5.97 Å². The van der Waals surface area contributed by atoms with Crippen molar-refractivity contribution < 1.29 is 23.9 Å². The van der Waals surface area contributed by atoms with Crippen LogP contribution in [0.5, 0.6) is 0 Å². The summed E-state index contributed by atoms with van der Waals surface area (Å²) in [5, 5.41) is 4.13. The van der Waals surface area contributed by atoms with Gasteiger partial charge in [-0.3, -0.25) is 29.6 Å². The number of carbonyl (C=O) groups is 4. The van der Waals surface area contributed by atoms with Crippen LogP contribution in [0.3, 0.4) is 0 Å². The number of amides is 3. The highest BCUT2D eigenvalue weighted by Crippen LogP contribution is 2.25. The molecule has 0 saturated carbocycles. The molecule has 1 saturated heterocycles. The molecule has 3 amide bonds. The van der Waals surface area contributed by atoms with Gasteiger partial charge in [0.2, 0.25) is 5.91 Å². The van der Waals surface area contributed by atoms with Crippen LogP contribution in [-0.2, 0) is 19.1 Å². The lowest BCUT2D eigenvalue weighted by Crippen LogP contribution is -2.43. The van der Waals surface area contributed by atoms with Crippen LogP contribution < -0.4 is 10.7 Å². The van der Waals surface area contributed by atoms with Crippen molar-refractivity contribution in [2.75, 3.05) is 18.5 Å². The van der Waals surface area contributed by atoms with Gasteiger partial charge in [-0.05, 0) is 30.3 Å². The lowest BCUT2D eigenvalue weighted by molar-refractivity contribution is -0.151. The van der Waals surface area contributed by atoms with Gasteiger partial charge in [0, 0.05) is 10.9 Å². The van der Waals surface area contributed by atoms with Gasteiger partial charge in [-0.25, -0.2) is 0 Å². The van der Waals surface area contributed by atoms with Crippen LogP contribution in [-0.4, -0.2) is 41.9 Å². The Morgan fingerprint density at radius 3 is 2.58 bits per heavy atom. The lowest BCUT2D eigenvalue weighted by atomic mass is 10.1. The molecule has 31 heavy (non-hydrogen) atoms. The van der Waals surface area contributed by atoms with Crippen molar-refractivity contribution in [3.8, 4) is 0 Å². The van der Waals surface area contributed by atoms with E-state index in [2.05, 4.69) is 26.7 Å². The van der Waals surface area contributed by atoms with E-state index >= 15 is 0 Å². The van der Waals surface area contributed by atoms with Gasteiger partial charge in [0.1, 0.15) is 0 Å². The summed E-state index contributed by atoms with van der Waals surface area (Å²) in [6, 6.07) is 11.3. The zero-order valence-corrected chi connectivity index (χ0v) is 19.0. The number of hydrazine groups is 1. The molecule has 8 nitrogen and oxygen atoms in total. The first-order valence-corrected chi connectivity index (χ1v) is 10.6. The van der Waals surface area contributed by atoms with Crippen LogP contribution in [0.2, 0.25) is 10.0 Å². The minimum absolute atomic E-state index is 0.0754. The molecule has 0 bridgehead atoms. The minimum Gasteiger partial charge on any atom is -0.455 e. The zero-order valence-electron chi connectivity index (χ0n) is 15.9. The van der Waals surface area contributed by atoms with E-state index in [9.17, 15) is 19.2 Å². The van der Waals surface area contributed by atoms with Gasteiger partial charge in [0.05, 0.1) is 33.8 Å². The molecule has 0 spiro atoms. The molecule has 1 fully saturated rings. The molecule has 1 aliphatic heterocycles. The standard InChI is InChI=1S/C20H16BrCl2N3O5/c21-12-5-6-16(15(23)8-12)24-17(27)10-31-20(30)11-7-18(28)26(9-11)25-19(29)13-3-1-2-4-14(13)22/h1-6,8,11H,7,9-10H2,(H,24,27)(H,25,29)/t11-/m0/s1. The van der Waals surface area contributed by atoms with Gasteiger partial charge in [0.15, 0.2) is 6.61 Å². The second-order valence-corrected chi connectivity index (χ2v) is 8.34. The number of halogens is 3. The van der Waals surface area contributed by atoms with Crippen LogP contribution in [0.15, 0.2) is 46.9 Å². The summed E-state index contributed by atoms with van der Waals surface area (Å²) in [7, 11) is 0. The van der Waals surface area contributed by atoms with Crippen molar-refractivity contribution in [2.24, 2.45) is 5.92 Å². The Labute approximate surface area is 195 Å². The fourth-order valence-corrected chi connectivity index (χ4v) is 3.78. The molecule has 0 aromatic heterocycles. The average molecular weight is 529 g/mol. The van der Waals surface area contributed by atoms with E-state index in [0.717, 1.165) is 9.48 Å². The van der Waals surface area contributed by atoms with Gasteiger partial charge in [0.25, 0.3) is 11.8 Å². The molecule has 11 heteroatoms. The first kappa shape index (κ1) is 23.1. The Hall–Kier alpha value is -2.62. The fourth-order valence-electron chi connectivity index (χ4n) is 2.83. The van der Waals surface area contributed by atoms with E-state index in [1.165, 1.54) is 6.07 Å². The van der Waals surface area contributed by atoms with E-state index in [0.29, 0.717) is 10.7 Å². The predicted octanol–water partition coefficient (Wildman–Crippen LogP) is 3.43. The van der Waals surface area contributed by atoms with Crippen molar-refractivity contribution >= 4 is 68.5 Å². The maximum atomic E-state index is 12.3. The average Bonchev–Trinajstić information content (AvgIpc) is 3.09. The molecule has 0 aliphatic carbocycles. The van der Waals surface area contributed by atoms with Crippen molar-refractivity contribution in [1.29, 1.82) is 0 Å². The molecule has 1 atom stereocenters. The van der Waals surface area contributed by atoms with E-state index in [4.69, 9.17) is 27.9 Å². The third-order valence-electron chi connectivity index (χ3n) is 4.36. The molecule has 0 radical (unpaired) electrons. The van der Waals surface area contributed by atoms with E-state index in [1.54, 1.807) is 36.4 Å². The number of hydrogen-bond acceptors (Lipinski definition) is 5. The maximum absolute atomic E-state index is 12.3. The van der Waals surface area contributed by atoms with Crippen LogP contribution in [0, 0.1) is 5.92 Å². The van der Waals surface area contributed by atoms with Gasteiger partial charge in [-0.2, -0.15) is 0 Å². The van der Waals surface area contributed by atoms with Crippen molar-refractivity contribution in [1.82, 2.24) is 10.4 Å². The first-order chi connectivity index (χ1) is 14.7. The maximum Gasteiger partial charge on any atom is 0.311 e. The number of esters is 1. The van der Waals surface area contributed by atoms with Gasteiger partial charge in [-0.15, -0.1) is 0 Å². The van der Waals surface area contributed by atoms with Crippen molar-refractivity contribution in [3.63, 3.8) is 0 Å².